The molecule has 2 heteroatoms. The zero-order chi connectivity index (χ0) is 11.1. The fourth-order valence-corrected chi connectivity index (χ4v) is 2.64. The van der Waals surface area contributed by atoms with E-state index in [-0.39, 0.29) is 0 Å². The maximum absolute atomic E-state index is 5.84. The van der Waals surface area contributed by atoms with Gasteiger partial charge in [0.05, 0.1) is 0 Å². The summed E-state index contributed by atoms with van der Waals surface area (Å²) in [6.45, 7) is 0. The molecule has 0 aliphatic rings. The fourth-order valence-electron chi connectivity index (χ4n) is 2.03. The van der Waals surface area contributed by atoms with Crippen LogP contribution >= 0.6 is 15.9 Å². The van der Waals surface area contributed by atoms with Crippen molar-refractivity contribution in [2.24, 2.45) is 0 Å². The Labute approximate surface area is 102 Å². The molecule has 0 bridgehead atoms. The Morgan fingerprint density at radius 3 is 2.25 bits per heavy atom. The molecule has 0 atom stereocenters. The first-order valence-electron chi connectivity index (χ1n) is 5.11. The highest BCUT2D eigenvalue weighted by Gasteiger charge is 2.02. The molecule has 3 rings (SSSR count). The van der Waals surface area contributed by atoms with E-state index in [9.17, 15) is 0 Å². The topological polar surface area (TPSA) is 26.0 Å². The summed E-state index contributed by atoms with van der Waals surface area (Å²) < 4.78 is 1.05. The average Bonchev–Trinajstić information content (AvgIpc) is 2.27. The van der Waals surface area contributed by atoms with E-state index in [0.29, 0.717) is 0 Å². The molecular formula is C14H10BrN. The van der Waals surface area contributed by atoms with E-state index in [0.717, 1.165) is 10.2 Å². The monoisotopic (exact) mass is 271 g/mol. The second kappa shape index (κ2) is 3.49. The summed E-state index contributed by atoms with van der Waals surface area (Å²) in [6, 6.07) is 16.7. The van der Waals surface area contributed by atoms with Gasteiger partial charge in [0.15, 0.2) is 0 Å². The summed E-state index contributed by atoms with van der Waals surface area (Å²) >= 11 is 3.55. The van der Waals surface area contributed by atoms with E-state index < -0.39 is 0 Å². The number of anilines is 1. The smallest absolute Gasteiger partial charge is 0.0331 e. The van der Waals surface area contributed by atoms with Gasteiger partial charge < -0.3 is 5.73 Å². The molecule has 0 fully saturated rings. The Bertz CT molecular complexity index is 689. The lowest BCUT2D eigenvalue weighted by Gasteiger charge is -2.05. The van der Waals surface area contributed by atoms with Crippen LogP contribution in [0.25, 0.3) is 21.5 Å². The molecule has 0 saturated heterocycles. The van der Waals surface area contributed by atoms with E-state index in [1.807, 2.05) is 12.1 Å². The Hall–Kier alpha value is -1.54. The van der Waals surface area contributed by atoms with Gasteiger partial charge in [-0.3, -0.25) is 0 Å². The second-order valence-corrected chi connectivity index (χ2v) is 4.78. The summed E-state index contributed by atoms with van der Waals surface area (Å²) in [4.78, 5) is 0. The molecule has 0 spiro atoms. The molecule has 0 amide bonds. The van der Waals surface area contributed by atoms with Crippen LogP contribution in [-0.2, 0) is 0 Å². The van der Waals surface area contributed by atoms with Gasteiger partial charge in [-0.1, -0.05) is 40.2 Å². The molecule has 0 heterocycles. The number of hydrogen-bond donors (Lipinski definition) is 1. The highest BCUT2D eigenvalue weighted by molar-refractivity contribution is 9.10. The summed E-state index contributed by atoms with van der Waals surface area (Å²) in [5.41, 5.74) is 6.63. The molecule has 0 aliphatic carbocycles. The standard InChI is InChI=1S/C14H10BrN/c15-14-8-12(16)6-11-5-9-3-1-2-4-10(9)7-13(11)14/h1-8H,16H2. The van der Waals surface area contributed by atoms with Gasteiger partial charge in [-0.15, -0.1) is 0 Å². The maximum atomic E-state index is 5.84. The zero-order valence-corrected chi connectivity index (χ0v) is 10.2. The fraction of sp³-hybridized carbons (Fsp3) is 0. The molecule has 16 heavy (non-hydrogen) atoms. The molecule has 2 N–H and O–H groups in total. The first-order valence-corrected chi connectivity index (χ1v) is 5.91. The normalized spacial score (nSPS) is 11.1. The number of halogens is 1. The van der Waals surface area contributed by atoms with Crippen molar-refractivity contribution in [3.05, 3.63) is 53.0 Å². The summed E-state index contributed by atoms with van der Waals surface area (Å²) in [7, 11) is 0. The van der Waals surface area contributed by atoms with Gasteiger partial charge in [-0.2, -0.15) is 0 Å². The first-order chi connectivity index (χ1) is 7.74. The van der Waals surface area contributed by atoms with Crippen molar-refractivity contribution in [3.63, 3.8) is 0 Å². The zero-order valence-electron chi connectivity index (χ0n) is 8.57. The Morgan fingerprint density at radius 1 is 0.812 bits per heavy atom. The van der Waals surface area contributed by atoms with Gasteiger partial charge in [-0.25, -0.2) is 0 Å². The van der Waals surface area contributed by atoms with Gasteiger partial charge in [-0.05, 0) is 45.8 Å². The maximum Gasteiger partial charge on any atom is 0.0331 e. The number of fused-ring (bicyclic) bond motifs is 2. The molecular weight excluding hydrogens is 262 g/mol. The summed E-state index contributed by atoms with van der Waals surface area (Å²) in [5, 5.41) is 4.87. The van der Waals surface area contributed by atoms with Gasteiger partial charge in [0.25, 0.3) is 0 Å². The molecule has 0 radical (unpaired) electrons. The molecule has 0 unspecified atom stereocenters. The van der Waals surface area contributed by atoms with Crippen LogP contribution in [0.2, 0.25) is 0 Å². The van der Waals surface area contributed by atoms with Crippen molar-refractivity contribution >= 4 is 43.2 Å². The lowest BCUT2D eigenvalue weighted by molar-refractivity contribution is 1.71. The highest BCUT2D eigenvalue weighted by Crippen LogP contribution is 2.30. The van der Waals surface area contributed by atoms with Crippen LogP contribution in [0.4, 0.5) is 5.69 Å². The molecule has 0 aliphatic heterocycles. The molecule has 3 aromatic carbocycles. The van der Waals surface area contributed by atoms with E-state index in [1.165, 1.54) is 21.5 Å². The number of nitrogens with two attached hydrogens (primary N) is 1. The van der Waals surface area contributed by atoms with Crippen molar-refractivity contribution in [2.45, 2.75) is 0 Å². The van der Waals surface area contributed by atoms with Gasteiger partial charge in [0.2, 0.25) is 0 Å². The van der Waals surface area contributed by atoms with Crippen LogP contribution in [0, 0.1) is 0 Å². The second-order valence-electron chi connectivity index (χ2n) is 3.92. The summed E-state index contributed by atoms with van der Waals surface area (Å²) in [6.07, 6.45) is 0. The molecule has 0 aromatic heterocycles. The minimum Gasteiger partial charge on any atom is -0.399 e. The predicted molar refractivity (Wildman–Crippen MR) is 73.6 cm³/mol. The Balaban J connectivity index is 2.51. The number of rotatable bonds is 0. The minimum atomic E-state index is 0.787. The largest absolute Gasteiger partial charge is 0.399 e. The lowest BCUT2D eigenvalue weighted by atomic mass is 10.0. The Morgan fingerprint density at radius 2 is 1.50 bits per heavy atom. The number of hydrogen-bond acceptors (Lipinski definition) is 1. The van der Waals surface area contributed by atoms with Crippen LogP contribution in [0.1, 0.15) is 0 Å². The van der Waals surface area contributed by atoms with Crippen LogP contribution in [0.3, 0.4) is 0 Å². The van der Waals surface area contributed by atoms with Crippen molar-refractivity contribution in [2.75, 3.05) is 5.73 Å². The predicted octanol–water partition coefficient (Wildman–Crippen LogP) is 4.34. The van der Waals surface area contributed by atoms with Crippen molar-refractivity contribution in [1.29, 1.82) is 0 Å². The van der Waals surface area contributed by atoms with E-state index in [1.54, 1.807) is 0 Å². The van der Waals surface area contributed by atoms with Crippen molar-refractivity contribution < 1.29 is 0 Å². The third-order valence-electron chi connectivity index (χ3n) is 2.79. The van der Waals surface area contributed by atoms with Crippen LogP contribution in [0.5, 0.6) is 0 Å². The lowest BCUT2D eigenvalue weighted by Crippen LogP contribution is -1.85. The first kappa shape index (κ1) is 9.67. The molecule has 0 saturated carbocycles. The molecule has 3 aromatic rings. The third kappa shape index (κ3) is 1.46. The quantitative estimate of drug-likeness (QED) is 0.478. The van der Waals surface area contributed by atoms with Crippen LogP contribution < -0.4 is 5.73 Å². The van der Waals surface area contributed by atoms with Crippen molar-refractivity contribution in [1.82, 2.24) is 0 Å². The average molecular weight is 272 g/mol. The van der Waals surface area contributed by atoms with Gasteiger partial charge >= 0.3 is 0 Å². The molecule has 78 valence electrons. The SMILES string of the molecule is Nc1cc(Br)c2cc3ccccc3cc2c1. The van der Waals surface area contributed by atoms with Gasteiger partial charge in [0, 0.05) is 10.2 Å². The van der Waals surface area contributed by atoms with Crippen molar-refractivity contribution in [3.8, 4) is 0 Å². The third-order valence-corrected chi connectivity index (χ3v) is 3.45. The van der Waals surface area contributed by atoms with E-state index >= 15 is 0 Å². The van der Waals surface area contributed by atoms with Crippen LogP contribution in [0.15, 0.2) is 53.0 Å². The highest BCUT2D eigenvalue weighted by atomic mass is 79.9. The van der Waals surface area contributed by atoms with Crippen LogP contribution in [-0.4, -0.2) is 0 Å². The molecule has 1 nitrogen and oxygen atoms in total. The minimum absolute atomic E-state index is 0.787. The van der Waals surface area contributed by atoms with Gasteiger partial charge in [0.1, 0.15) is 0 Å². The van der Waals surface area contributed by atoms with E-state index in [4.69, 9.17) is 5.73 Å². The Kier molecular flexibility index (Phi) is 2.11. The number of benzene rings is 3. The summed E-state index contributed by atoms with van der Waals surface area (Å²) in [5.74, 6) is 0. The van der Waals surface area contributed by atoms with E-state index in [2.05, 4.69) is 52.3 Å². The number of nitrogen functional groups attached to an aromatic ring is 1.